The molecule has 0 aliphatic heterocycles. The van der Waals surface area contributed by atoms with Gasteiger partial charge in [0.1, 0.15) is 6.61 Å². The Bertz CT molecular complexity index is 497. The number of hydrogen-bond donors (Lipinski definition) is 1. The van der Waals surface area contributed by atoms with Crippen LogP contribution >= 0.6 is 0 Å². The molecule has 2 N–H and O–H groups in total. The molecular weight excluding hydrogens is 226 g/mol. The van der Waals surface area contributed by atoms with Gasteiger partial charge in [-0.2, -0.15) is 0 Å². The molecule has 2 aromatic rings. The molecule has 0 saturated heterocycles. The van der Waals surface area contributed by atoms with Gasteiger partial charge >= 0.3 is 0 Å². The summed E-state index contributed by atoms with van der Waals surface area (Å²) >= 11 is 0. The fraction of sp³-hybridized carbons (Fsp3) is 0.200. The SMILES string of the molecule is COc1c(CN)cccc1OCc1ccccc1. The first-order chi connectivity index (χ1) is 8.85. The molecular formula is C15H17NO2. The lowest BCUT2D eigenvalue weighted by Gasteiger charge is -2.13. The highest BCUT2D eigenvalue weighted by molar-refractivity contribution is 5.46. The Kier molecular flexibility index (Phi) is 4.20. The van der Waals surface area contributed by atoms with Gasteiger partial charge in [0.05, 0.1) is 7.11 Å². The normalized spacial score (nSPS) is 10.1. The Hall–Kier alpha value is -2.00. The van der Waals surface area contributed by atoms with E-state index < -0.39 is 0 Å². The first-order valence-corrected chi connectivity index (χ1v) is 5.88. The summed E-state index contributed by atoms with van der Waals surface area (Å²) in [5, 5.41) is 0. The van der Waals surface area contributed by atoms with E-state index in [0.29, 0.717) is 13.2 Å². The second-order valence-corrected chi connectivity index (χ2v) is 3.93. The van der Waals surface area contributed by atoms with Crippen molar-refractivity contribution in [1.82, 2.24) is 0 Å². The summed E-state index contributed by atoms with van der Waals surface area (Å²) in [6, 6.07) is 15.8. The molecule has 0 aromatic heterocycles. The molecule has 94 valence electrons. The van der Waals surface area contributed by atoms with E-state index in [1.165, 1.54) is 0 Å². The van der Waals surface area contributed by atoms with Gasteiger partial charge in [-0.1, -0.05) is 42.5 Å². The standard InChI is InChI=1S/C15H17NO2/c1-17-15-13(10-16)8-5-9-14(15)18-11-12-6-3-2-4-7-12/h2-9H,10-11,16H2,1H3. The quantitative estimate of drug-likeness (QED) is 0.878. The summed E-state index contributed by atoms with van der Waals surface area (Å²) in [6.07, 6.45) is 0. The molecule has 0 spiro atoms. The van der Waals surface area contributed by atoms with Gasteiger partial charge < -0.3 is 15.2 Å². The summed E-state index contributed by atoms with van der Waals surface area (Å²) in [6.45, 7) is 0.955. The van der Waals surface area contributed by atoms with E-state index in [-0.39, 0.29) is 0 Å². The number of benzene rings is 2. The van der Waals surface area contributed by atoms with Crippen LogP contribution in [0.15, 0.2) is 48.5 Å². The average molecular weight is 243 g/mol. The van der Waals surface area contributed by atoms with Crippen LogP contribution in [0.2, 0.25) is 0 Å². The van der Waals surface area contributed by atoms with Crippen LogP contribution in [-0.2, 0) is 13.2 Å². The number of ether oxygens (including phenoxy) is 2. The van der Waals surface area contributed by atoms with Crippen molar-refractivity contribution in [2.75, 3.05) is 7.11 Å². The summed E-state index contributed by atoms with van der Waals surface area (Å²) in [4.78, 5) is 0. The number of nitrogens with two attached hydrogens (primary N) is 1. The van der Waals surface area contributed by atoms with E-state index in [9.17, 15) is 0 Å². The lowest BCUT2D eigenvalue weighted by atomic mass is 10.2. The maximum Gasteiger partial charge on any atom is 0.165 e. The summed E-state index contributed by atoms with van der Waals surface area (Å²) in [5.74, 6) is 1.44. The van der Waals surface area contributed by atoms with Crippen LogP contribution in [0.5, 0.6) is 11.5 Å². The molecule has 3 nitrogen and oxygen atoms in total. The zero-order valence-corrected chi connectivity index (χ0v) is 10.4. The Labute approximate surface area is 107 Å². The van der Waals surface area contributed by atoms with Gasteiger partial charge in [0.25, 0.3) is 0 Å². The van der Waals surface area contributed by atoms with Crippen molar-refractivity contribution in [3.8, 4) is 11.5 Å². The zero-order chi connectivity index (χ0) is 12.8. The van der Waals surface area contributed by atoms with Gasteiger partial charge in [-0.25, -0.2) is 0 Å². The molecule has 2 rings (SSSR count). The van der Waals surface area contributed by atoms with Gasteiger partial charge in [-0.05, 0) is 11.6 Å². The van der Waals surface area contributed by atoms with Gasteiger partial charge in [-0.15, -0.1) is 0 Å². The third-order valence-corrected chi connectivity index (χ3v) is 2.72. The van der Waals surface area contributed by atoms with Crippen molar-refractivity contribution in [1.29, 1.82) is 0 Å². The van der Waals surface area contributed by atoms with E-state index in [2.05, 4.69) is 0 Å². The minimum Gasteiger partial charge on any atom is -0.493 e. The second kappa shape index (κ2) is 6.07. The molecule has 0 radical (unpaired) electrons. The molecule has 3 heteroatoms. The lowest BCUT2D eigenvalue weighted by Crippen LogP contribution is -2.03. The molecule has 0 heterocycles. The maximum absolute atomic E-state index is 5.78. The van der Waals surface area contributed by atoms with Crippen molar-refractivity contribution < 1.29 is 9.47 Å². The van der Waals surface area contributed by atoms with Crippen LogP contribution in [0.1, 0.15) is 11.1 Å². The highest BCUT2D eigenvalue weighted by Crippen LogP contribution is 2.31. The van der Waals surface area contributed by atoms with Crippen molar-refractivity contribution >= 4 is 0 Å². The third kappa shape index (κ3) is 2.81. The van der Waals surface area contributed by atoms with Gasteiger partial charge in [-0.3, -0.25) is 0 Å². The minimum atomic E-state index is 0.436. The van der Waals surface area contributed by atoms with E-state index in [4.69, 9.17) is 15.2 Å². The van der Waals surface area contributed by atoms with E-state index in [0.717, 1.165) is 22.6 Å². The Morgan fingerprint density at radius 1 is 1.00 bits per heavy atom. The largest absolute Gasteiger partial charge is 0.493 e. The molecule has 0 aliphatic carbocycles. The molecule has 0 aliphatic rings. The Morgan fingerprint density at radius 2 is 1.78 bits per heavy atom. The second-order valence-electron chi connectivity index (χ2n) is 3.93. The van der Waals surface area contributed by atoms with Crippen LogP contribution in [0.25, 0.3) is 0 Å². The Morgan fingerprint density at radius 3 is 2.44 bits per heavy atom. The topological polar surface area (TPSA) is 44.5 Å². The summed E-state index contributed by atoms with van der Waals surface area (Å²) in [5.41, 5.74) is 7.74. The van der Waals surface area contributed by atoms with Gasteiger partial charge in [0, 0.05) is 12.1 Å². The summed E-state index contributed by atoms with van der Waals surface area (Å²) < 4.78 is 11.1. The Balaban J connectivity index is 2.14. The maximum atomic E-state index is 5.78. The smallest absolute Gasteiger partial charge is 0.165 e. The fourth-order valence-corrected chi connectivity index (χ4v) is 1.80. The van der Waals surface area contributed by atoms with Crippen LogP contribution in [0.4, 0.5) is 0 Å². The number of rotatable bonds is 5. The average Bonchev–Trinajstić information content (AvgIpc) is 2.45. The van der Waals surface area contributed by atoms with Crippen molar-refractivity contribution in [2.45, 2.75) is 13.2 Å². The predicted molar refractivity (Wildman–Crippen MR) is 71.7 cm³/mol. The number of methoxy groups -OCH3 is 1. The molecule has 0 bridgehead atoms. The predicted octanol–water partition coefficient (Wildman–Crippen LogP) is 2.73. The zero-order valence-electron chi connectivity index (χ0n) is 10.4. The molecule has 2 aromatic carbocycles. The highest BCUT2D eigenvalue weighted by Gasteiger charge is 2.08. The molecule has 0 atom stereocenters. The van der Waals surface area contributed by atoms with Crippen molar-refractivity contribution in [3.63, 3.8) is 0 Å². The molecule has 0 amide bonds. The number of para-hydroxylation sites is 1. The van der Waals surface area contributed by atoms with E-state index in [1.807, 2.05) is 48.5 Å². The van der Waals surface area contributed by atoms with Gasteiger partial charge in [0.2, 0.25) is 0 Å². The van der Waals surface area contributed by atoms with Gasteiger partial charge in [0.15, 0.2) is 11.5 Å². The minimum absolute atomic E-state index is 0.436. The third-order valence-electron chi connectivity index (χ3n) is 2.72. The van der Waals surface area contributed by atoms with Crippen LogP contribution in [0.3, 0.4) is 0 Å². The molecule has 0 unspecified atom stereocenters. The molecule has 0 saturated carbocycles. The first-order valence-electron chi connectivity index (χ1n) is 5.88. The highest BCUT2D eigenvalue weighted by atomic mass is 16.5. The van der Waals surface area contributed by atoms with E-state index in [1.54, 1.807) is 7.11 Å². The monoisotopic (exact) mass is 243 g/mol. The van der Waals surface area contributed by atoms with Crippen LogP contribution < -0.4 is 15.2 Å². The van der Waals surface area contributed by atoms with Crippen molar-refractivity contribution in [2.24, 2.45) is 5.73 Å². The van der Waals surface area contributed by atoms with E-state index >= 15 is 0 Å². The fourth-order valence-electron chi connectivity index (χ4n) is 1.80. The molecule has 0 fully saturated rings. The lowest BCUT2D eigenvalue weighted by molar-refractivity contribution is 0.283. The molecule has 18 heavy (non-hydrogen) atoms. The van der Waals surface area contributed by atoms with Crippen LogP contribution in [0, 0.1) is 0 Å². The number of hydrogen-bond acceptors (Lipinski definition) is 3. The van der Waals surface area contributed by atoms with Crippen LogP contribution in [-0.4, -0.2) is 7.11 Å². The summed E-state index contributed by atoms with van der Waals surface area (Å²) in [7, 11) is 1.63. The first kappa shape index (κ1) is 12.5. The van der Waals surface area contributed by atoms with Crippen molar-refractivity contribution in [3.05, 3.63) is 59.7 Å².